The lowest BCUT2D eigenvalue weighted by Crippen LogP contribution is -2.15. The highest BCUT2D eigenvalue weighted by atomic mass is 127. The molecule has 0 aliphatic heterocycles. The van der Waals surface area contributed by atoms with Gasteiger partial charge < -0.3 is 10.5 Å². The summed E-state index contributed by atoms with van der Waals surface area (Å²) in [6.45, 7) is 0.549. The van der Waals surface area contributed by atoms with E-state index in [-0.39, 0.29) is 6.04 Å². The average Bonchev–Trinajstić information content (AvgIpc) is 2.10. The monoisotopic (exact) mass is 355 g/mol. The predicted molar refractivity (Wildman–Crippen MR) is 65.7 cm³/mol. The van der Waals surface area contributed by atoms with Gasteiger partial charge in [-0.05, 0) is 56.2 Å². The first-order valence-corrected chi connectivity index (χ1v) is 5.71. The number of benzene rings is 1. The maximum absolute atomic E-state index is 5.88. The maximum atomic E-state index is 5.88. The number of methoxy groups -OCH3 is 1. The lowest BCUT2D eigenvalue weighted by molar-refractivity contribution is 0.181. The number of ether oxygens (including phenoxy) is 1. The predicted octanol–water partition coefficient (Wildman–Crippen LogP) is 2.70. The van der Waals surface area contributed by atoms with Crippen molar-refractivity contribution in [3.05, 3.63) is 31.8 Å². The highest BCUT2D eigenvalue weighted by molar-refractivity contribution is 14.1. The Balaban J connectivity index is 2.84. The molecular formula is C9H11BrINO. The molecule has 1 atom stereocenters. The molecule has 1 aromatic rings. The van der Waals surface area contributed by atoms with E-state index in [2.05, 4.69) is 38.5 Å². The Bertz CT molecular complexity index is 293. The first-order valence-electron chi connectivity index (χ1n) is 3.84. The van der Waals surface area contributed by atoms with Crippen LogP contribution in [0.15, 0.2) is 22.7 Å². The molecule has 2 nitrogen and oxygen atoms in total. The Morgan fingerprint density at radius 3 is 2.85 bits per heavy atom. The number of halogens is 2. The van der Waals surface area contributed by atoms with E-state index in [1.807, 2.05) is 18.2 Å². The fourth-order valence-corrected chi connectivity index (χ4v) is 1.75. The normalized spacial score (nSPS) is 12.9. The van der Waals surface area contributed by atoms with Crippen molar-refractivity contribution in [2.75, 3.05) is 13.7 Å². The van der Waals surface area contributed by atoms with Crippen molar-refractivity contribution in [2.24, 2.45) is 5.73 Å². The molecule has 0 saturated carbocycles. The lowest BCUT2D eigenvalue weighted by atomic mass is 10.1. The van der Waals surface area contributed by atoms with Gasteiger partial charge >= 0.3 is 0 Å². The maximum Gasteiger partial charge on any atom is 0.0655 e. The van der Waals surface area contributed by atoms with Crippen LogP contribution < -0.4 is 5.73 Å². The summed E-state index contributed by atoms with van der Waals surface area (Å²) in [4.78, 5) is 0. The number of nitrogens with two attached hydrogens (primary N) is 1. The Labute approximate surface area is 100 Å². The molecule has 0 saturated heterocycles. The highest BCUT2D eigenvalue weighted by Gasteiger charge is 2.06. The minimum Gasteiger partial charge on any atom is -0.383 e. The number of hydrogen-bond acceptors (Lipinski definition) is 2. The van der Waals surface area contributed by atoms with Crippen LogP contribution in [0.1, 0.15) is 11.6 Å². The van der Waals surface area contributed by atoms with Crippen molar-refractivity contribution in [1.29, 1.82) is 0 Å². The van der Waals surface area contributed by atoms with Crippen LogP contribution in [0.5, 0.6) is 0 Å². The summed E-state index contributed by atoms with van der Waals surface area (Å²) >= 11 is 5.73. The molecule has 0 aromatic heterocycles. The van der Waals surface area contributed by atoms with E-state index >= 15 is 0 Å². The van der Waals surface area contributed by atoms with Crippen molar-refractivity contribution < 1.29 is 4.74 Å². The summed E-state index contributed by atoms with van der Waals surface area (Å²) < 4.78 is 7.25. The van der Waals surface area contributed by atoms with Gasteiger partial charge in [0.05, 0.1) is 12.6 Å². The molecule has 13 heavy (non-hydrogen) atoms. The van der Waals surface area contributed by atoms with E-state index in [0.717, 1.165) is 10.0 Å². The zero-order chi connectivity index (χ0) is 9.84. The van der Waals surface area contributed by atoms with E-state index in [1.165, 1.54) is 3.57 Å². The third-order valence-corrected chi connectivity index (χ3v) is 4.06. The van der Waals surface area contributed by atoms with Gasteiger partial charge in [0.1, 0.15) is 0 Å². The first kappa shape index (κ1) is 11.4. The molecule has 2 N–H and O–H groups in total. The minimum absolute atomic E-state index is 0.0432. The molecule has 0 aliphatic carbocycles. The van der Waals surface area contributed by atoms with Crippen LogP contribution >= 0.6 is 38.5 Å². The van der Waals surface area contributed by atoms with Crippen LogP contribution in [0, 0.1) is 3.57 Å². The standard InChI is InChI=1S/C9H11BrINO/c1-13-5-9(12)6-2-3-8(11)7(10)4-6/h2-4,9H,5,12H2,1H3. The quantitative estimate of drug-likeness (QED) is 0.846. The fourth-order valence-electron chi connectivity index (χ4n) is 1.02. The molecule has 1 rings (SSSR count). The van der Waals surface area contributed by atoms with Crippen molar-refractivity contribution in [1.82, 2.24) is 0 Å². The van der Waals surface area contributed by atoms with Gasteiger partial charge in [-0.3, -0.25) is 0 Å². The number of rotatable bonds is 3. The Kier molecular flexibility index (Phi) is 4.64. The average molecular weight is 356 g/mol. The molecule has 0 fully saturated rings. The minimum atomic E-state index is -0.0432. The van der Waals surface area contributed by atoms with Crippen LogP contribution in [0.3, 0.4) is 0 Å². The van der Waals surface area contributed by atoms with Gasteiger partial charge in [0.2, 0.25) is 0 Å². The molecule has 4 heteroatoms. The van der Waals surface area contributed by atoms with Gasteiger partial charge in [-0.25, -0.2) is 0 Å². The van der Waals surface area contributed by atoms with Crippen LogP contribution in [0.4, 0.5) is 0 Å². The fraction of sp³-hybridized carbons (Fsp3) is 0.333. The second kappa shape index (κ2) is 5.29. The lowest BCUT2D eigenvalue weighted by Gasteiger charge is -2.11. The van der Waals surface area contributed by atoms with Crippen molar-refractivity contribution in [2.45, 2.75) is 6.04 Å². The zero-order valence-corrected chi connectivity index (χ0v) is 11.0. The first-order chi connectivity index (χ1) is 6.15. The van der Waals surface area contributed by atoms with Gasteiger partial charge in [-0.15, -0.1) is 0 Å². The Morgan fingerprint density at radius 1 is 1.62 bits per heavy atom. The molecular weight excluding hydrogens is 345 g/mol. The molecule has 1 aromatic carbocycles. The largest absolute Gasteiger partial charge is 0.383 e. The second-order valence-electron chi connectivity index (χ2n) is 2.74. The molecule has 0 amide bonds. The van der Waals surface area contributed by atoms with Crippen LogP contribution in [0.2, 0.25) is 0 Å². The van der Waals surface area contributed by atoms with Crippen molar-refractivity contribution in [3.63, 3.8) is 0 Å². The summed E-state index contributed by atoms with van der Waals surface area (Å²) in [5.41, 5.74) is 6.97. The highest BCUT2D eigenvalue weighted by Crippen LogP contribution is 2.22. The van der Waals surface area contributed by atoms with Gasteiger partial charge in [0.25, 0.3) is 0 Å². The zero-order valence-electron chi connectivity index (χ0n) is 7.26. The Morgan fingerprint density at radius 2 is 2.31 bits per heavy atom. The van der Waals surface area contributed by atoms with E-state index in [0.29, 0.717) is 6.61 Å². The van der Waals surface area contributed by atoms with Crippen LogP contribution in [-0.2, 0) is 4.74 Å². The number of hydrogen-bond donors (Lipinski definition) is 1. The third-order valence-electron chi connectivity index (χ3n) is 1.72. The second-order valence-corrected chi connectivity index (χ2v) is 4.75. The molecule has 0 heterocycles. The third kappa shape index (κ3) is 3.19. The van der Waals surface area contributed by atoms with Crippen molar-refractivity contribution >= 4 is 38.5 Å². The summed E-state index contributed by atoms with van der Waals surface area (Å²) in [7, 11) is 1.65. The van der Waals surface area contributed by atoms with E-state index in [1.54, 1.807) is 7.11 Å². The van der Waals surface area contributed by atoms with E-state index < -0.39 is 0 Å². The smallest absolute Gasteiger partial charge is 0.0655 e. The van der Waals surface area contributed by atoms with E-state index in [9.17, 15) is 0 Å². The molecule has 72 valence electrons. The molecule has 0 radical (unpaired) electrons. The van der Waals surface area contributed by atoms with E-state index in [4.69, 9.17) is 10.5 Å². The van der Waals surface area contributed by atoms with Gasteiger partial charge in [-0.1, -0.05) is 6.07 Å². The van der Waals surface area contributed by atoms with Crippen LogP contribution in [0.25, 0.3) is 0 Å². The van der Waals surface area contributed by atoms with Crippen LogP contribution in [-0.4, -0.2) is 13.7 Å². The summed E-state index contributed by atoms with van der Waals surface area (Å²) in [5.74, 6) is 0. The Hall–Kier alpha value is 0.350. The molecule has 0 aliphatic rings. The summed E-state index contributed by atoms with van der Waals surface area (Å²) in [6.07, 6.45) is 0. The molecule has 0 bridgehead atoms. The summed E-state index contributed by atoms with van der Waals surface area (Å²) in [5, 5.41) is 0. The SMILES string of the molecule is COCC(N)c1ccc(I)c(Br)c1. The van der Waals surface area contributed by atoms with Gasteiger partial charge in [0.15, 0.2) is 0 Å². The van der Waals surface area contributed by atoms with Gasteiger partial charge in [-0.2, -0.15) is 0 Å². The van der Waals surface area contributed by atoms with Crippen molar-refractivity contribution in [3.8, 4) is 0 Å². The topological polar surface area (TPSA) is 35.2 Å². The summed E-state index contributed by atoms with van der Waals surface area (Å²) in [6, 6.07) is 6.05. The molecule has 0 spiro atoms. The van der Waals surface area contributed by atoms with Gasteiger partial charge in [0, 0.05) is 15.2 Å². The molecule has 1 unspecified atom stereocenters.